The van der Waals surface area contributed by atoms with Gasteiger partial charge in [0.25, 0.3) is 0 Å². The molecule has 2 aromatic heterocycles. The van der Waals surface area contributed by atoms with Gasteiger partial charge in [-0.2, -0.15) is 0 Å². The van der Waals surface area contributed by atoms with E-state index in [9.17, 15) is 0 Å². The molecule has 1 aromatic carbocycles. The Hall–Kier alpha value is -3.03. The fraction of sp³-hybridized carbons (Fsp3) is 0.154. The summed E-state index contributed by atoms with van der Waals surface area (Å²) in [6.07, 6.45) is 3.01. The van der Waals surface area contributed by atoms with Crippen LogP contribution in [0.3, 0.4) is 0 Å². The molecular formula is C13H14N6O2. The van der Waals surface area contributed by atoms with E-state index in [-0.39, 0.29) is 0 Å². The van der Waals surface area contributed by atoms with Gasteiger partial charge in [-0.05, 0) is 0 Å². The molecule has 0 aliphatic rings. The van der Waals surface area contributed by atoms with Crippen LogP contribution in [0.1, 0.15) is 0 Å². The minimum atomic E-state index is 0.595. The van der Waals surface area contributed by atoms with E-state index in [0.717, 1.165) is 11.2 Å². The van der Waals surface area contributed by atoms with Crippen LogP contribution in [-0.4, -0.2) is 34.2 Å². The largest absolute Gasteiger partial charge is 0.497 e. The van der Waals surface area contributed by atoms with E-state index in [4.69, 9.17) is 9.47 Å². The van der Waals surface area contributed by atoms with Crippen LogP contribution in [0.5, 0.6) is 11.5 Å². The fourth-order valence-electron chi connectivity index (χ4n) is 1.87. The maximum absolute atomic E-state index is 5.22. The van der Waals surface area contributed by atoms with Gasteiger partial charge in [0.2, 0.25) is 0 Å². The second kappa shape index (κ2) is 5.53. The van der Waals surface area contributed by atoms with Crippen molar-refractivity contribution < 1.29 is 9.47 Å². The van der Waals surface area contributed by atoms with Crippen molar-refractivity contribution in [3.63, 3.8) is 0 Å². The highest BCUT2D eigenvalue weighted by atomic mass is 16.5. The molecule has 0 aliphatic carbocycles. The summed E-state index contributed by atoms with van der Waals surface area (Å²) >= 11 is 0. The zero-order chi connectivity index (χ0) is 14.7. The summed E-state index contributed by atoms with van der Waals surface area (Å²) in [5.41, 5.74) is 8.15. The predicted octanol–water partition coefficient (Wildman–Crippen LogP) is 1.81. The van der Waals surface area contributed by atoms with Crippen LogP contribution < -0.4 is 20.3 Å². The number of rotatable bonds is 5. The van der Waals surface area contributed by atoms with Crippen molar-refractivity contribution >= 4 is 22.7 Å². The molecule has 8 nitrogen and oxygen atoms in total. The van der Waals surface area contributed by atoms with Gasteiger partial charge in [0.05, 0.1) is 26.2 Å². The Morgan fingerprint density at radius 3 is 2.43 bits per heavy atom. The second-order valence-corrected chi connectivity index (χ2v) is 4.17. The summed E-state index contributed by atoms with van der Waals surface area (Å²) in [6.45, 7) is 0. The third kappa shape index (κ3) is 2.64. The second-order valence-electron chi connectivity index (χ2n) is 4.17. The van der Waals surface area contributed by atoms with E-state index in [2.05, 4.69) is 30.8 Å². The molecule has 21 heavy (non-hydrogen) atoms. The maximum atomic E-state index is 5.22. The molecule has 0 amide bonds. The van der Waals surface area contributed by atoms with Crippen molar-refractivity contribution in [1.82, 2.24) is 19.9 Å². The smallest absolute Gasteiger partial charge is 0.182 e. The highest BCUT2D eigenvalue weighted by molar-refractivity contribution is 5.82. The number of hydrazine groups is 1. The molecule has 3 aromatic rings. The molecule has 108 valence electrons. The van der Waals surface area contributed by atoms with Gasteiger partial charge >= 0.3 is 0 Å². The lowest BCUT2D eigenvalue weighted by Crippen LogP contribution is -2.11. The number of benzene rings is 1. The SMILES string of the molecule is COc1cc(NNc2ncnc3nc[nH]c23)cc(OC)c1. The topological polar surface area (TPSA) is 97.0 Å². The first-order valence-electron chi connectivity index (χ1n) is 6.19. The van der Waals surface area contributed by atoms with Crippen molar-refractivity contribution in [3.05, 3.63) is 30.9 Å². The molecule has 0 saturated carbocycles. The Morgan fingerprint density at radius 2 is 1.71 bits per heavy atom. The van der Waals surface area contributed by atoms with Crippen molar-refractivity contribution in [2.45, 2.75) is 0 Å². The first-order chi connectivity index (χ1) is 10.3. The van der Waals surface area contributed by atoms with E-state index in [1.807, 2.05) is 12.1 Å². The van der Waals surface area contributed by atoms with E-state index in [1.165, 1.54) is 6.33 Å². The summed E-state index contributed by atoms with van der Waals surface area (Å²) in [7, 11) is 3.20. The first-order valence-corrected chi connectivity index (χ1v) is 6.19. The molecule has 0 fully saturated rings. The molecule has 0 saturated heterocycles. The average Bonchev–Trinajstić information content (AvgIpc) is 3.01. The lowest BCUT2D eigenvalue weighted by Gasteiger charge is -2.12. The Kier molecular flexibility index (Phi) is 3.42. The van der Waals surface area contributed by atoms with Crippen molar-refractivity contribution in [2.75, 3.05) is 25.1 Å². The molecule has 0 unspecified atom stereocenters. The van der Waals surface area contributed by atoms with Crippen molar-refractivity contribution in [1.29, 1.82) is 0 Å². The van der Waals surface area contributed by atoms with Crippen LogP contribution in [0.25, 0.3) is 11.2 Å². The number of nitrogens with one attached hydrogen (secondary N) is 3. The number of fused-ring (bicyclic) bond motifs is 1. The molecule has 8 heteroatoms. The summed E-state index contributed by atoms with van der Waals surface area (Å²) in [4.78, 5) is 15.3. The summed E-state index contributed by atoms with van der Waals surface area (Å²) in [5, 5.41) is 0. The minimum Gasteiger partial charge on any atom is -0.497 e. The molecular weight excluding hydrogens is 272 g/mol. The van der Waals surface area contributed by atoms with Gasteiger partial charge in [0.1, 0.15) is 23.3 Å². The molecule has 0 bridgehead atoms. The Balaban J connectivity index is 1.83. The normalized spacial score (nSPS) is 10.4. The van der Waals surface area contributed by atoms with Gasteiger partial charge in [0, 0.05) is 18.2 Å². The van der Waals surface area contributed by atoms with Gasteiger partial charge in [0.15, 0.2) is 11.5 Å². The third-order valence-electron chi connectivity index (χ3n) is 2.90. The van der Waals surface area contributed by atoms with E-state index >= 15 is 0 Å². The van der Waals surface area contributed by atoms with Gasteiger partial charge in [-0.3, -0.25) is 10.9 Å². The quantitative estimate of drug-likeness (QED) is 0.615. The van der Waals surface area contributed by atoms with Gasteiger partial charge < -0.3 is 14.5 Å². The molecule has 0 spiro atoms. The standard InChI is InChI=1S/C13H14N6O2/c1-20-9-3-8(4-10(5-9)21-2)18-19-13-11-12(15-6-14-11)16-7-17-13/h3-7,18H,1-2H3,(H2,14,15,16,17,19). The number of hydrogen-bond donors (Lipinski definition) is 3. The Morgan fingerprint density at radius 1 is 0.952 bits per heavy atom. The Labute approximate surface area is 120 Å². The summed E-state index contributed by atoms with van der Waals surface area (Å²) < 4.78 is 10.4. The van der Waals surface area contributed by atoms with Gasteiger partial charge in [-0.25, -0.2) is 15.0 Å². The average molecular weight is 286 g/mol. The lowest BCUT2D eigenvalue weighted by molar-refractivity contribution is 0.394. The number of ether oxygens (including phenoxy) is 2. The van der Waals surface area contributed by atoms with Crippen molar-refractivity contribution in [2.24, 2.45) is 0 Å². The Bertz CT molecular complexity index is 735. The highest BCUT2D eigenvalue weighted by Gasteiger charge is 2.06. The number of H-pyrrole nitrogens is 1. The van der Waals surface area contributed by atoms with Crippen LogP contribution in [0.4, 0.5) is 11.5 Å². The molecule has 2 heterocycles. The van der Waals surface area contributed by atoms with Crippen LogP contribution in [0.15, 0.2) is 30.9 Å². The predicted molar refractivity (Wildman–Crippen MR) is 78.5 cm³/mol. The molecule has 3 rings (SSSR count). The number of imidazole rings is 1. The number of hydrogen-bond acceptors (Lipinski definition) is 7. The van der Waals surface area contributed by atoms with E-state index in [1.54, 1.807) is 26.6 Å². The number of methoxy groups -OCH3 is 2. The van der Waals surface area contributed by atoms with Crippen LogP contribution in [0.2, 0.25) is 0 Å². The van der Waals surface area contributed by atoms with Crippen LogP contribution in [-0.2, 0) is 0 Å². The summed E-state index contributed by atoms with van der Waals surface area (Å²) in [6, 6.07) is 5.46. The monoisotopic (exact) mass is 286 g/mol. The molecule has 0 radical (unpaired) electrons. The van der Waals surface area contributed by atoms with E-state index < -0.39 is 0 Å². The van der Waals surface area contributed by atoms with Crippen LogP contribution >= 0.6 is 0 Å². The lowest BCUT2D eigenvalue weighted by atomic mass is 10.3. The number of aromatic nitrogens is 4. The van der Waals surface area contributed by atoms with Gasteiger partial charge in [-0.15, -0.1) is 0 Å². The van der Waals surface area contributed by atoms with E-state index in [0.29, 0.717) is 23.0 Å². The number of nitrogens with zero attached hydrogens (tertiary/aromatic N) is 3. The van der Waals surface area contributed by atoms with Crippen molar-refractivity contribution in [3.8, 4) is 11.5 Å². The summed E-state index contributed by atoms with van der Waals surface area (Å²) in [5.74, 6) is 1.97. The number of aromatic amines is 1. The number of anilines is 2. The maximum Gasteiger partial charge on any atom is 0.182 e. The highest BCUT2D eigenvalue weighted by Crippen LogP contribution is 2.26. The zero-order valence-electron chi connectivity index (χ0n) is 11.5. The molecule has 0 atom stereocenters. The minimum absolute atomic E-state index is 0.595. The zero-order valence-corrected chi connectivity index (χ0v) is 11.5. The third-order valence-corrected chi connectivity index (χ3v) is 2.90. The first kappa shape index (κ1) is 13.0. The van der Waals surface area contributed by atoms with Crippen LogP contribution in [0, 0.1) is 0 Å². The van der Waals surface area contributed by atoms with Gasteiger partial charge in [-0.1, -0.05) is 0 Å². The fourth-order valence-corrected chi connectivity index (χ4v) is 1.87. The molecule has 3 N–H and O–H groups in total. The molecule has 0 aliphatic heterocycles.